The van der Waals surface area contributed by atoms with Crippen LogP contribution in [0.25, 0.3) is 0 Å². The number of hydrogen-bond acceptors (Lipinski definition) is 6. The van der Waals surface area contributed by atoms with Crippen molar-refractivity contribution in [2.24, 2.45) is 0 Å². The summed E-state index contributed by atoms with van der Waals surface area (Å²) in [5.74, 6) is -2.58. The van der Waals surface area contributed by atoms with Crippen LogP contribution in [0.15, 0.2) is 29.2 Å². The molecule has 9 nitrogen and oxygen atoms in total. The van der Waals surface area contributed by atoms with Crippen LogP contribution in [0.5, 0.6) is 0 Å². The number of carbonyl (C=O) groups is 3. The zero-order chi connectivity index (χ0) is 17.7. The van der Waals surface area contributed by atoms with E-state index in [4.69, 9.17) is 4.74 Å². The molecule has 0 unspecified atom stereocenters. The van der Waals surface area contributed by atoms with Gasteiger partial charge in [0.15, 0.2) is 0 Å². The first-order valence-electron chi connectivity index (χ1n) is 7.23. The second-order valence-electron chi connectivity index (χ2n) is 5.05. The summed E-state index contributed by atoms with van der Waals surface area (Å²) in [6, 6.07) is 4.92. The van der Waals surface area contributed by atoms with Crippen LogP contribution < -0.4 is 15.6 Å². The molecule has 1 aromatic rings. The van der Waals surface area contributed by atoms with E-state index < -0.39 is 27.8 Å². The number of ether oxygens (including phenoxy) is 1. The largest absolute Gasteiger partial charge is 0.462 e. The number of benzene rings is 1. The second kappa shape index (κ2) is 7.41. The van der Waals surface area contributed by atoms with Crippen molar-refractivity contribution in [1.82, 2.24) is 15.6 Å². The molecule has 24 heavy (non-hydrogen) atoms. The summed E-state index contributed by atoms with van der Waals surface area (Å²) >= 11 is 0. The maximum absolute atomic E-state index is 12.0. The summed E-state index contributed by atoms with van der Waals surface area (Å²) in [6.45, 7) is 1.86. The highest BCUT2D eigenvalue weighted by molar-refractivity contribution is 7.89. The van der Waals surface area contributed by atoms with Gasteiger partial charge in [-0.1, -0.05) is 0 Å². The molecule has 0 spiro atoms. The Morgan fingerprint density at radius 2 is 1.75 bits per heavy atom. The third-order valence-corrected chi connectivity index (χ3v) is 4.36. The van der Waals surface area contributed by atoms with E-state index in [1.165, 1.54) is 24.3 Å². The van der Waals surface area contributed by atoms with Crippen LogP contribution in [0.3, 0.4) is 0 Å². The predicted molar refractivity (Wildman–Crippen MR) is 82.0 cm³/mol. The lowest BCUT2D eigenvalue weighted by molar-refractivity contribution is -0.139. The number of hydrogen-bond donors (Lipinski definition) is 3. The summed E-state index contributed by atoms with van der Waals surface area (Å²) in [7, 11) is -4.07. The smallest absolute Gasteiger partial charge is 0.338 e. The average molecular weight is 355 g/mol. The first-order valence-corrected chi connectivity index (χ1v) is 8.71. The van der Waals surface area contributed by atoms with Gasteiger partial charge in [-0.25, -0.2) is 13.2 Å². The molecule has 0 atom stereocenters. The molecule has 0 bridgehead atoms. The summed E-state index contributed by atoms with van der Waals surface area (Å²) < 4.78 is 28.8. The molecule has 1 aliphatic carbocycles. The number of hydrazine groups is 1. The zero-order valence-corrected chi connectivity index (χ0v) is 13.7. The fraction of sp³-hybridized carbons (Fsp3) is 0.357. The van der Waals surface area contributed by atoms with Crippen LogP contribution in [-0.4, -0.2) is 38.9 Å². The minimum Gasteiger partial charge on any atom is -0.462 e. The Morgan fingerprint density at radius 1 is 1.12 bits per heavy atom. The highest BCUT2D eigenvalue weighted by Gasteiger charge is 2.27. The van der Waals surface area contributed by atoms with Crippen LogP contribution >= 0.6 is 0 Å². The minimum atomic E-state index is -4.07. The van der Waals surface area contributed by atoms with Crippen LogP contribution in [0, 0.1) is 0 Å². The number of amides is 2. The molecule has 3 N–H and O–H groups in total. The van der Waals surface area contributed by atoms with E-state index in [1.807, 2.05) is 10.3 Å². The van der Waals surface area contributed by atoms with Crippen molar-refractivity contribution in [3.05, 3.63) is 29.8 Å². The van der Waals surface area contributed by atoms with E-state index >= 15 is 0 Å². The fourth-order valence-electron chi connectivity index (χ4n) is 1.69. The Bertz CT molecular complexity index is 740. The molecular weight excluding hydrogens is 338 g/mol. The predicted octanol–water partition coefficient (Wildman–Crippen LogP) is -0.549. The number of esters is 1. The monoisotopic (exact) mass is 355 g/mol. The number of sulfonamides is 1. The third-order valence-electron chi connectivity index (χ3n) is 3.09. The van der Waals surface area contributed by atoms with Gasteiger partial charge in [0.2, 0.25) is 0 Å². The van der Waals surface area contributed by atoms with Crippen molar-refractivity contribution in [3.63, 3.8) is 0 Å². The zero-order valence-electron chi connectivity index (χ0n) is 12.9. The second-order valence-corrected chi connectivity index (χ2v) is 6.73. The Hall–Kier alpha value is -2.46. The normalized spacial score (nSPS) is 13.9. The SMILES string of the molecule is CCOC(=O)c1ccc(S(=O)(=O)NNC(=O)C(=O)NC2CC2)cc1. The fourth-order valence-corrected chi connectivity index (χ4v) is 2.53. The molecule has 0 aliphatic heterocycles. The molecule has 0 saturated heterocycles. The van der Waals surface area contributed by atoms with Gasteiger partial charge in [-0.3, -0.25) is 15.0 Å². The van der Waals surface area contributed by atoms with Gasteiger partial charge in [0.05, 0.1) is 17.1 Å². The Morgan fingerprint density at radius 3 is 2.29 bits per heavy atom. The van der Waals surface area contributed by atoms with E-state index in [-0.39, 0.29) is 23.1 Å². The standard InChI is InChI=1S/C14H17N3O6S/c1-2-23-14(20)9-3-7-11(8-4-9)24(21,22)17-16-13(19)12(18)15-10-5-6-10/h3-4,7-8,10,17H,2,5-6H2,1H3,(H,15,18)(H,16,19). The van der Waals surface area contributed by atoms with E-state index in [2.05, 4.69) is 5.32 Å². The first kappa shape index (κ1) is 17.9. The summed E-state index contributed by atoms with van der Waals surface area (Å²) in [5.41, 5.74) is 2.03. The summed E-state index contributed by atoms with van der Waals surface area (Å²) in [5, 5.41) is 2.42. The van der Waals surface area contributed by atoms with Crippen LogP contribution in [0.1, 0.15) is 30.1 Å². The number of rotatable bonds is 6. The van der Waals surface area contributed by atoms with Gasteiger partial charge >= 0.3 is 17.8 Å². The minimum absolute atomic E-state index is 0.0183. The Kier molecular flexibility index (Phi) is 5.52. The maximum Gasteiger partial charge on any atom is 0.338 e. The summed E-state index contributed by atoms with van der Waals surface area (Å²) in [4.78, 5) is 36.0. The van der Waals surface area contributed by atoms with Crippen LogP contribution in [0.4, 0.5) is 0 Å². The van der Waals surface area contributed by atoms with Gasteiger partial charge in [0, 0.05) is 6.04 Å². The Balaban J connectivity index is 1.95. The number of carbonyl (C=O) groups excluding carboxylic acids is 3. The molecule has 10 heteroatoms. The molecule has 2 rings (SSSR count). The van der Waals surface area contributed by atoms with Crippen molar-refractivity contribution in [1.29, 1.82) is 0 Å². The summed E-state index contributed by atoms with van der Waals surface area (Å²) in [6.07, 6.45) is 1.61. The maximum atomic E-state index is 12.0. The molecular formula is C14H17N3O6S. The van der Waals surface area contributed by atoms with Gasteiger partial charge in [-0.2, -0.15) is 0 Å². The third kappa shape index (κ3) is 4.77. The molecule has 1 aliphatic rings. The molecule has 130 valence electrons. The van der Waals surface area contributed by atoms with Crippen LogP contribution in [0.2, 0.25) is 0 Å². The lowest BCUT2D eigenvalue weighted by atomic mass is 10.2. The Labute approximate surface area is 138 Å². The molecule has 0 heterocycles. The van der Waals surface area contributed by atoms with Crippen molar-refractivity contribution in [3.8, 4) is 0 Å². The molecule has 1 aromatic carbocycles. The molecule has 1 saturated carbocycles. The van der Waals surface area contributed by atoms with Crippen molar-refractivity contribution in [2.45, 2.75) is 30.7 Å². The van der Waals surface area contributed by atoms with Crippen molar-refractivity contribution >= 4 is 27.8 Å². The van der Waals surface area contributed by atoms with E-state index in [0.717, 1.165) is 12.8 Å². The quantitative estimate of drug-likeness (QED) is 0.357. The van der Waals surface area contributed by atoms with Crippen molar-refractivity contribution in [2.75, 3.05) is 6.61 Å². The van der Waals surface area contributed by atoms with Gasteiger partial charge in [-0.05, 0) is 44.0 Å². The van der Waals surface area contributed by atoms with Gasteiger partial charge < -0.3 is 10.1 Å². The molecule has 1 fully saturated rings. The van der Waals surface area contributed by atoms with Gasteiger partial charge in [-0.15, -0.1) is 4.83 Å². The highest BCUT2D eigenvalue weighted by atomic mass is 32.2. The topological polar surface area (TPSA) is 131 Å². The lowest BCUT2D eigenvalue weighted by Crippen LogP contribution is -2.48. The highest BCUT2D eigenvalue weighted by Crippen LogP contribution is 2.18. The lowest BCUT2D eigenvalue weighted by Gasteiger charge is -2.09. The molecule has 0 aromatic heterocycles. The molecule has 2 amide bonds. The number of nitrogens with one attached hydrogen (secondary N) is 3. The van der Waals surface area contributed by atoms with Crippen LogP contribution in [-0.2, 0) is 24.3 Å². The van der Waals surface area contributed by atoms with E-state index in [0.29, 0.717) is 0 Å². The van der Waals surface area contributed by atoms with Gasteiger partial charge in [0.25, 0.3) is 10.0 Å². The van der Waals surface area contributed by atoms with Gasteiger partial charge in [0.1, 0.15) is 0 Å². The average Bonchev–Trinajstić information content (AvgIpc) is 3.37. The molecule has 0 radical (unpaired) electrons. The first-order chi connectivity index (χ1) is 11.3. The van der Waals surface area contributed by atoms with E-state index in [1.54, 1.807) is 6.92 Å². The van der Waals surface area contributed by atoms with Crippen molar-refractivity contribution < 1.29 is 27.5 Å². The van der Waals surface area contributed by atoms with E-state index in [9.17, 15) is 22.8 Å².